The van der Waals surface area contributed by atoms with Gasteiger partial charge in [0, 0.05) is 4.47 Å². The van der Waals surface area contributed by atoms with Gasteiger partial charge in [-0.3, -0.25) is 0 Å². The highest BCUT2D eigenvalue weighted by atomic mass is 79.9. The predicted octanol–water partition coefficient (Wildman–Crippen LogP) is 4.95. The van der Waals surface area contributed by atoms with E-state index in [1.54, 1.807) is 0 Å². The maximum Gasteiger partial charge on any atom is 0.0215 e. The number of halogens is 1. The summed E-state index contributed by atoms with van der Waals surface area (Å²) in [5, 5.41) is 0. The fourth-order valence-electron chi connectivity index (χ4n) is 1.77. The first kappa shape index (κ1) is 12.8. The maximum atomic E-state index is 3.67. The van der Waals surface area contributed by atoms with Crippen molar-refractivity contribution in [3.8, 4) is 0 Å². The standard InChI is InChI=1S/C14H21Br/c1-10(2)8-11-6-7-12(13(15)9-11)14(3,4)5/h6-7,9-10H,8H2,1-5H3. The first-order chi connectivity index (χ1) is 6.80. The molecule has 0 atom stereocenters. The molecule has 1 heteroatoms. The second-order valence-corrected chi connectivity index (χ2v) is 6.52. The van der Waals surface area contributed by atoms with Gasteiger partial charge >= 0.3 is 0 Å². The third-order valence-corrected chi connectivity index (χ3v) is 3.14. The largest absolute Gasteiger partial charge is 0.0625 e. The van der Waals surface area contributed by atoms with Gasteiger partial charge in [0.25, 0.3) is 0 Å². The Morgan fingerprint density at radius 3 is 2.20 bits per heavy atom. The second kappa shape index (κ2) is 4.69. The minimum atomic E-state index is 0.217. The fourth-order valence-corrected chi connectivity index (χ4v) is 2.79. The smallest absolute Gasteiger partial charge is 0.0215 e. The van der Waals surface area contributed by atoms with Crippen LogP contribution in [0, 0.1) is 5.92 Å². The molecule has 0 spiro atoms. The molecule has 0 aliphatic carbocycles. The van der Waals surface area contributed by atoms with Crippen molar-refractivity contribution in [2.45, 2.75) is 46.5 Å². The molecule has 1 aromatic rings. The van der Waals surface area contributed by atoms with Crippen LogP contribution in [0.3, 0.4) is 0 Å². The Labute approximate surface area is 102 Å². The van der Waals surface area contributed by atoms with Gasteiger partial charge in [0.05, 0.1) is 0 Å². The zero-order chi connectivity index (χ0) is 11.6. The van der Waals surface area contributed by atoms with Crippen molar-refractivity contribution in [1.82, 2.24) is 0 Å². The highest BCUT2D eigenvalue weighted by molar-refractivity contribution is 9.10. The molecule has 0 saturated heterocycles. The van der Waals surface area contributed by atoms with Crippen LogP contribution in [0.4, 0.5) is 0 Å². The van der Waals surface area contributed by atoms with Crippen molar-refractivity contribution in [3.05, 3.63) is 33.8 Å². The van der Waals surface area contributed by atoms with Crippen LogP contribution in [-0.2, 0) is 11.8 Å². The molecule has 0 nitrogen and oxygen atoms in total. The average molecular weight is 269 g/mol. The third-order valence-electron chi connectivity index (χ3n) is 2.49. The van der Waals surface area contributed by atoms with Crippen molar-refractivity contribution < 1.29 is 0 Å². The first-order valence-corrected chi connectivity index (χ1v) is 6.39. The lowest BCUT2D eigenvalue weighted by Crippen LogP contribution is -2.12. The molecule has 0 fully saturated rings. The molecule has 0 aliphatic heterocycles. The van der Waals surface area contributed by atoms with Crippen molar-refractivity contribution in [3.63, 3.8) is 0 Å². The SMILES string of the molecule is CC(C)Cc1ccc(C(C)(C)C)c(Br)c1. The normalized spacial score (nSPS) is 12.2. The van der Waals surface area contributed by atoms with Crippen LogP contribution in [0.1, 0.15) is 45.7 Å². The highest BCUT2D eigenvalue weighted by Crippen LogP contribution is 2.30. The number of benzene rings is 1. The predicted molar refractivity (Wildman–Crippen MR) is 71.4 cm³/mol. The molecule has 15 heavy (non-hydrogen) atoms. The molecule has 0 amide bonds. The number of hydrogen-bond donors (Lipinski definition) is 0. The van der Waals surface area contributed by atoms with Crippen molar-refractivity contribution >= 4 is 15.9 Å². The van der Waals surface area contributed by atoms with E-state index in [1.807, 2.05) is 0 Å². The minimum absolute atomic E-state index is 0.217. The van der Waals surface area contributed by atoms with Crippen LogP contribution in [0.25, 0.3) is 0 Å². The lowest BCUT2D eigenvalue weighted by molar-refractivity contribution is 0.585. The van der Waals surface area contributed by atoms with Gasteiger partial charge in [-0.05, 0) is 34.9 Å². The summed E-state index contributed by atoms with van der Waals surface area (Å²) in [6.07, 6.45) is 1.16. The van der Waals surface area contributed by atoms with E-state index >= 15 is 0 Å². The Hall–Kier alpha value is -0.300. The molecule has 0 radical (unpaired) electrons. The monoisotopic (exact) mass is 268 g/mol. The number of hydrogen-bond acceptors (Lipinski definition) is 0. The Bertz CT molecular complexity index is 332. The van der Waals surface area contributed by atoms with E-state index in [9.17, 15) is 0 Å². The van der Waals surface area contributed by atoms with E-state index in [4.69, 9.17) is 0 Å². The minimum Gasteiger partial charge on any atom is -0.0625 e. The van der Waals surface area contributed by atoms with Crippen molar-refractivity contribution in [1.29, 1.82) is 0 Å². The summed E-state index contributed by atoms with van der Waals surface area (Å²) in [5.74, 6) is 0.720. The van der Waals surface area contributed by atoms with Crippen LogP contribution in [0.2, 0.25) is 0 Å². The molecule has 1 rings (SSSR count). The molecule has 0 saturated carbocycles. The van der Waals surface area contributed by atoms with Gasteiger partial charge in [0.2, 0.25) is 0 Å². The summed E-state index contributed by atoms with van der Waals surface area (Å²) in [4.78, 5) is 0. The Balaban J connectivity index is 2.99. The fraction of sp³-hybridized carbons (Fsp3) is 0.571. The van der Waals surface area contributed by atoms with Crippen LogP contribution >= 0.6 is 15.9 Å². The van der Waals surface area contributed by atoms with Gasteiger partial charge < -0.3 is 0 Å². The zero-order valence-corrected chi connectivity index (χ0v) is 12.0. The summed E-state index contributed by atoms with van der Waals surface area (Å²) >= 11 is 3.67. The summed E-state index contributed by atoms with van der Waals surface area (Å²) in [6.45, 7) is 11.2. The van der Waals surface area contributed by atoms with E-state index in [0.29, 0.717) is 0 Å². The van der Waals surface area contributed by atoms with E-state index in [0.717, 1.165) is 12.3 Å². The third kappa shape index (κ3) is 3.64. The van der Waals surface area contributed by atoms with E-state index in [1.165, 1.54) is 15.6 Å². The molecule has 0 aromatic heterocycles. The van der Waals surface area contributed by atoms with Gasteiger partial charge in [0.15, 0.2) is 0 Å². The molecule has 0 bridgehead atoms. The van der Waals surface area contributed by atoms with Gasteiger partial charge in [-0.1, -0.05) is 62.7 Å². The summed E-state index contributed by atoms with van der Waals surface area (Å²) in [6, 6.07) is 6.77. The van der Waals surface area contributed by atoms with Crippen molar-refractivity contribution in [2.24, 2.45) is 5.92 Å². The van der Waals surface area contributed by atoms with Gasteiger partial charge in [-0.25, -0.2) is 0 Å². The van der Waals surface area contributed by atoms with E-state index < -0.39 is 0 Å². The highest BCUT2D eigenvalue weighted by Gasteiger charge is 2.16. The lowest BCUT2D eigenvalue weighted by Gasteiger charge is -2.21. The van der Waals surface area contributed by atoms with Crippen LogP contribution in [0.15, 0.2) is 22.7 Å². The molecule has 84 valence electrons. The Morgan fingerprint density at radius 1 is 1.20 bits per heavy atom. The Kier molecular flexibility index (Phi) is 3.99. The molecular formula is C14H21Br. The van der Waals surface area contributed by atoms with Gasteiger partial charge in [-0.2, -0.15) is 0 Å². The topological polar surface area (TPSA) is 0 Å². The van der Waals surface area contributed by atoms with Crippen LogP contribution in [0.5, 0.6) is 0 Å². The van der Waals surface area contributed by atoms with Gasteiger partial charge in [-0.15, -0.1) is 0 Å². The van der Waals surface area contributed by atoms with Crippen molar-refractivity contribution in [2.75, 3.05) is 0 Å². The molecule has 0 heterocycles. The lowest BCUT2D eigenvalue weighted by atomic mass is 9.86. The van der Waals surface area contributed by atoms with E-state index in [-0.39, 0.29) is 5.41 Å². The maximum absolute atomic E-state index is 3.67. The Morgan fingerprint density at radius 2 is 1.80 bits per heavy atom. The molecule has 0 unspecified atom stereocenters. The molecular weight excluding hydrogens is 248 g/mol. The van der Waals surface area contributed by atoms with Gasteiger partial charge in [0.1, 0.15) is 0 Å². The first-order valence-electron chi connectivity index (χ1n) is 5.59. The second-order valence-electron chi connectivity index (χ2n) is 5.66. The molecule has 0 N–H and O–H groups in total. The summed E-state index contributed by atoms with van der Waals surface area (Å²) in [7, 11) is 0. The average Bonchev–Trinajstić information content (AvgIpc) is 1.99. The summed E-state index contributed by atoms with van der Waals surface area (Å²) in [5.41, 5.74) is 3.02. The van der Waals surface area contributed by atoms with Crippen LogP contribution < -0.4 is 0 Å². The molecule has 1 aromatic carbocycles. The summed E-state index contributed by atoms with van der Waals surface area (Å²) < 4.78 is 1.24. The van der Waals surface area contributed by atoms with Crippen LogP contribution in [-0.4, -0.2) is 0 Å². The number of rotatable bonds is 2. The molecule has 0 aliphatic rings. The quantitative estimate of drug-likeness (QED) is 0.713. The zero-order valence-electron chi connectivity index (χ0n) is 10.4. The van der Waals surface area contributed by atoms with E-state index in [2.05, 4.69) is 68.7 Å².